The van der Waals surface area contributed by atoms with Crippen LogP contribution in [0.2, 0.25) is 5.02 Å². The van der Waals surface area contributed by atoms with Gasteiger partial charge >= 0.3 is 0 Å². The van der Waals surface area contributed by atoms with Gasteiger partial charge in [-0.05, 0) is 12.1 Å². The number of aliphatic hydroxyl groups is 1. The van der Waals surface area contributed by atoms with Gasteiger partial charge in [-0.3, -0.25) is 9.63 Å². The molecule has 7 nitrogen and oxygen atoms in total. The molecule has 3 N–H and O–H groups in total. The van der Waals surface area contributed by atoms with Crippen LogP contribution in [-0.2, 0) is 10.1 Å². The Morgan fingerprint density at radius 3 is 2.65 bits per heavy atom. The van der Waals surface area contributed by atoms with Crippen LogP contribution >= 0.6 is 27.5 Å². The van der Waals surface area contributed by atoms with Gasteiger partial charge in [0.25, 0.3) is 5.91 Å². The number of nitrogens with zero attached hydrogens (tertiary/aromatic N) is 2. The lowest BCUT2D eigenvalue weighted by molar-refractivity contribution is 0.0169. The molecule has 1 heterocycles. The number of nitrogens with one attached hydrogen (secondary N) is 2. The fourth-order valence-electron chi connectivity index (χ4n) is 2.79. The van der Waals surface area contributed by atoms with Crippen molar-refractivity contribution in [3.8, 4) is 0 Å². The van der Waals surface area contributed by atoms with Crippen molar-refractivity contribution >= 4 is 92.7 Å². The molecule has 0 bridgehead atoms. The molecule has 0 saturated heterocycles. The van der Waals surface area contributed by atoms with E-state index in [0.717, 1.165) is 10.9 Å². The average Bonchev–Trinajstić information content (AvgIpc) is 3.10. The third kappa shape index (κ3) is 4.95. The number of halogens is 3. The molecule has 0 atom stereocenters. The van der Waals surface area contributed by atoms with Gasteiger partial charge in [-0.25, -0.2) is 14.9 Å². The smallest absolute Gasteiger partial charge is 0.277 e. The van der Waals surface area contributed by atoms with Crippen LogP contribution in [0.15, 0.2) is 29.0 Å². The number of carbonyl (C=O) groups is 1. The van der Waals surface area contributed by atoms with E-state index in [9.17, 15) is 4.79 Å². The number of fused-ring (bicyclic) bond motifs is 1. The van der Waals surface area contributed by atoms with Crippen LogP contribution in [-0.4, -0.2) is 65.2 Å². The zero-order chi connectivity index (χ0) is 22.9. The average molecular weight is 497 g/mol. The van der Waals surface area contributed by atoms with E-state index in [2.05, 4.69) is 31.7 Å². The molecule has 0 saturated carbocycles. The van der Waals surface area contributed by atoms with Crippen LogP contribution in [0.3, 0.4) is 0 Å². The topological polar surface area (TPSA) is 88.4 Å². The van der Waals surface area contributed by atoms with Gasteiger partial charge < -0.3 is 15.0 Å². The summed E-state index contributed by atoms with van der Waals surface area (Å²) in [6.45, 7) is -0.521. The highest BCUT2D eigenvalue weighted by Gasteiger charge is 2.25. The van der Waals surface area contributed by atoms with Crippen molar-refractivity contribution in [1.29, 1.82) is 0 Å². The highest BCUT2D eigenvalue weighted by Crippen LogP contribution is 2.34. The molecule has 0 aliphatic heterocycles. The van der Waals surface area contributed by atoms with Gasteiger partial charge in [0.1, 0.15) is 13.4 Å². The minimum atomic E-state index is -1.91. The third-order valence-electron chi connectivity index (χ3n) is 4.14. The molecule has 14 heteroatoms. The van der Waals surface area contributed by atoms with E-state index in [1.165, 1.54) is 6.07 Å². The number of aromatic nitrogens is 2. The van der Waals surface area contributed by atoms with Gasteiger partial charge in [-0.2, -0.15) is 0 Å². The van der Waals surface area contributed by atoms with E-state index in [1.54, 1.807) is 12.1 Å². The maximum Gasteiger partial charge on any atom is 0.277 e. The summed E-state index contributed by atoms with van der Waals surface area (Å²) >= 11 is 9.49. The lowest BCUT2D eigenvalue weighted by Crippen LogP contribution is -2.34. The van der Waals surface area contributed by atoms with Crippen LogP contribution in [0.25, 0.3) is 11.0 Å². The Bertz CT molecular complexity index is 1140. The fraction of sp³-hybridized carbons (Fsp3) is 0.176. The molecule has 0 spiro atoms. The van der Waals surface area contributed by atoms with Crippen LogP contribution in [0.1, 0.15) is 10.4 Å². The summed E-state index contributed by atoms with van der Waals surface area (Å²) in [5, 5.41) is 9.85. The molecule has 0 aliphatic carbocycles. The number of hydrogen-bond acceptors (Lipinski definition) is 5. The van der Waals surface area contributed by atoms with Gasteiger partial charge in [0.2, 0.25) is 0 Å². The van der Waals surface area contributed by atoms with E-state index in [4.69, 9.17) is 52.9 Å². The number of anilines is 2. The lowest BCUT2D eigenvalue weighted by Gasteiger charge is -2.24. The number of carbonyl (C=O) groups excluding carboxylic acids is 1. The van der Waals surface area contributed by atoms with E-state index in [-0.39, 0.29) is 51.7 Å². The lowest BCUT2D eigenvalue weighted by atomic mass is 9.49. The predicted molar refractivity (Wildman–Crippen MR) is 123 cm³/mol. The first kappa shape index (κ1) is 23.7. The molecular weight excluding hydrogens is 486 g/mol. The second-order valence-electron chi connectivity index (χ2n) is 6.46. The van der Waals surface area contributed by atoms with Crippen molar-refractivity contribution in [1.82, 2.24) is 15.0 Å². The van der Waals surface area contributed by atoms with E-state index in [1.807, 2.05) is 0 Å². The van der Waals surface area contributed by atoms with Gasteiger partial charge in [0.15, 0.2) is 5.82 Å². The highest BCUT2D eigenvalue weighted by atomic mass is 79.9. The summed E-state index contributed by atoms with van der Waals surface area (Å²) in [5.74, 6) is -1.75. The Balaban J connectivity index is 2.20. The molecule has 1 aromatic heterocycles. The molecule has 0 fully saturated rings. The van der Waals surface area contributed by atoms with Crippen LogP contribution in [0.4, 0.5) is 15.8 Å². The number of rotatable bonds is 7. The molecular formula is C17H11B4BrClFN4O3. The minimum absolute atomic E-state index is 0.0535. The molecule has 8 radical (unpaired) electrons. The Labute approximate surface area is 195 Å². The number of hydroxylamine groups is 1. The molecule has 2 aromatic carbocycles. The van der Waals surface area contributed by atoms with Crippen LogP contribution in [0.5, 0.6) is 0 Å². The first-order valence-electron chi connectivity index (χ1n) is 8.65. The number of hydrogen-bond donors (Lipinski definition) is 3. The first-order chi connectivity index (χ1) is 14.5. The molecule has 0 aliphatic rings. The van der Waals surface area contributed by atoms with Crippen molar-refractivity contribution in [3.63, 3.8) is 0 Å². The zero-order valence-electron chi connectivity index (χ0n) is 15.8. The van der Waals surface area contributed by atoms with Crippen molar-refractivity contribution in [2.45, 2.75) is 5.24 Å². The Hall–Kier alpha value is -1.94. The molecule has 150 valence electrons. The predicted octanol–water partition coefficient (Wildman–Crippen LogP) is 0.856. The van der Waals surface area contributed by atoms with E-state index >= 15 is 4.39 Å². The number of imidazole rings is 1. The highest BCUT2D eigenvalue weighted by molar-refractivity contribution is 9.10. The van der Waals surface area contributed by atoms with E-state index < -0.39 is 17.0 Å². The van der Waals surface area contributed by atoms with Gasteiger partial charge in [-0.1, -0.05) is 44.3 Å². The summed E-state index contributed by atoms with van der Waals surface area (Å²) in [6, 6.07) is 4.37. The van der Waals surface area contributed by atoms with Gasteiger partial charge in [0, 0.05) is 4.47 Å². The maximum absolute atomic E-state index is 15.5. The quantitative estimate of drug-likeness (QED) is 0.256. The van der Waals surface area contributed by atoms with Gasteiger partial charge in [-0.15, -0.1) is 0 Å². The maximum atomic E-state index is 15.5. The summed E-state index contributed by atoms with van der Waals surface area (Å²) in [7, 11) is 23.1. The summed E-state index contributed by atoms with van der Waals surface area (Å²) in [4.78, 5) is 21.5. The number of aliphatic hydroxyl groups excluding tert-OH is 1. The molecule has 3 aromatic rings. The van der Waals surface area contributed by atoms with Crippen LogP contribution in [0, 0.1) is 5.82 Å². The van der Waals surface area contributed by atoms with E-state index in [0.29, 0.717) is 4.47 Å². The van der Waals surface area contributed by atoms with Crippen molar-refractivity contribution in [2.75, 3.05) is 18.5 Å². The normalized spacial score (nSPS) is 11.6. The summed E-state index contributed by atoms with van der Waals surface area (Å²) in [6.07, 6.45) is 1.14. The Morgan fingerprint density at radius 2 is 2.03 bits per heavy atom. The molecule has 0 unspecified atom stereocenters. The number of amides is 1. The zero-order valence-corrected chi connectivity index (χ0v) is 18.2. The second-order valence-corrected chi connectivity index (χ2v) is 7.79. The summed E-state index contributed by atoms with van der Waals surface area (Å²) in [5.41, 5.74) is 1.86. The SMILES string of the molecule is [B]c1cc(Br)cc(Cl)c1Nc1c(C(=O)NOCCO)cc2c(ncn2C([B])([B])[B])c1F. The Kier molecular flexibility index (Phi) is 7.10. The monoisotopic (exact) mass is 496 g/mol. The van der Waals surface area contributed by atoms with Gasteiger partial charge in [0.05, 0.1) is 70.6 Å². The number of benzene rings is 2. The third-order valence-corrected chi connectivity index (χ3v) is 4.89. The second kappa shape index (κ2) is 9.28. The molecule has 31 heavy (non-hydrogen) atoms. The minimum Gasteiger partial charge on any atom is -0.394 e. The first-order valence-corrected chi connectivity index (χ1v) is 9.83. The largest absolute Gasteiger partial charge is 0.394 e. The van der Waals surface area contributed by atoms with Crippen molar-refractivity contribution in [2.24, 2.45) is 0 Å². The van der Waals surface area contributed by atoms with Crippen LogP contribution < -0.4 is 16.3 Å². The molecule has 1 amide bonds. The van der Waals surface area contributed by atoms with Crippen molar-refractivity contribution < 1.29 is 19.1 Å². The Morgan fingerprint density at radius 1 is 1.32 bits per heavy atom. The fourth-order valence-corrected chi connectivity index (χ4v) is 3.67. The van der Waals surface area contributed by atoms with Crippen molar-refractivity contribution in [3.05, 3.63) is 45.4 Å². The standard InChI is InChI=1S/C17H11B4BrClFN4O3/c18-9-3-7(22)4-10(23)14(9)26-13-8(16(30)27-31-2-1-29)5-11-15(12(13)24)25-6-28(11)17(19,20)21/h3-6,26,29H,1-2H2,(H,27,30). The summed E-state index contributed by atoms with van der Waals surface area (Å²) < 4.78 is 17.2. The molecule has 3 rings (SSSR count).